The van der Waals surface area contributed by atoms with Crippen LogP contribution in [0.25, 0.3) is 0 Å². The van der Waals surface area contributed by atoms with E-state index >= 15 is 0 Å². The Kier molecular flexibility index (Phi) is 8.62. The molecule has 0 saturated heterocycles. The summed E-state index contributed by atoms with van der Waals surface area (Å²) in [4.78, 5) is 34.0. The predicted octanol–water partition coefficient (Wildman–Crippen LogP) is -0.833. The zero-order valence-corrected chi connectivity index (χ0v) is 15.2. The number of hydrogen-bond acceptors (Lipinski definition) is 8. The second kappa shape index (κ2) is 10.4. The molecule has 1 aromatic rings. The van der Waals surface area contributed by atoms with Gasteiger partial charge in [-0.2, -0.15) is 0 Å². The second-order valence-electron chi connectivity index (χ2n) is 6.14. The normalized spacial score (nSPS) is 15.4. The van der Waals surface area contributed by atoms with Crippen LogP contribution in [-0.4, -0.2) is 51.0 Å². The molecular weight excluding hydrogens is 360 g/mol. The summed E-state index contributed by atoms with van der Waals surface area (Å²) in [5.41, 5.74) is 11.2. The first-order chi connectivity index (χ1) is 12.7. The molecule has 0 bridgehead atoms. The quantitative estimate of drug-likeness (QED) is 0.280. The van der Waals surface area contributed by atoms with Crippen LogP contribution in [-0.2, 0) is 9.59 Å². The average molecular weight is 386 g/mol. The summed E-state index contributed by atoms with van der Waals surface area (Å²) >= 11 is 0. The van der Waals surface area contributed by atoms with Gasteiger partial charge in [-0.25, -0.2) is 9.59 Å². The molecule has 12 heteroatoms. The van der Waals surface area contributed by atoms with E-state index in [-0.39, 0.29) is 30.5 Å². The first kappa shape index (κ1) is 22.3. The molecule has 0 aliphatic rings. The van der Waals surface area contributed by atoms with Crippen molar-refractivity contribution in [2.45, 2.75) is 51.2 Å². The number of nitrogens with one attached hydrogen (secondary N) is 2. The summed E-state index contributed by atoms with van der Waals surface area (Å²) in [5, 5.41) is 30.1. The van der Waals surface area contributed by atoms with Crippen molar-refractivity contribution in [3.63, 3.8) is 0 Å². The van der Waals surface area contributed by atoms with E-state index in [9.17, 15) is 14.4 Å². The van der Waals surface area contributed by atoms with Crippen molar-refractivity contribution >= 4 is 17.9 Å². The van der Waals surface area contributed by atoms with Crippen molar-refractivity contribution in [2.24, 2.45) is 17.4 Å². The highest BCUT2D eigenvalue weighted by atomic mass is 16.4. The number of aliphatic hydroxyl groups excluding tert-OH is 1. The lowest BCUT2D eigenvalue weighted by atomic mass is 10.0. The Balaban J connectivity index is 2.91. The molecule has 0 aliphatic heterocycles. The van der Waals surface area contributed by atoms with Gasteiger partial charge in [-0.3, -0.25) is 4.79 Å². The van der Waals surface area contributed by atoms with Gasteiger partial charge in [-0.15, -0.1) is 10.2 Å². The minimum atomic E-state index is -1.49. The standard InChI is InChI=1S/C15H26N6O6/c1-3-7(2)11(17)13-21-20-12(27-13)8(4-5-10(16)23)18-15(26)19-9(6-22)14(24)25/h7-9,11,22H,3-6,17H2,1-2H3,(H2,16,23)(H,24,25)(H2,18,19,26)/t7?,8-,9-,11-/m0/s1. The monoisotopic (exact) mass is 386 g/mol. The number of carbonyl (C=O) groups excluding carboxylic acids is 2. The molecule has 0 fully saturated rings. The summed E-state index contributed by atoms with van der Waals surface area (Å²) < 4.78 is 5.53. The van der Waals surface area contributed by atoms with Crippen molar-refractivity contribution in [3.05, 3.63) is 11.8 Å². The molecule has 0 aliphatic carbocycles. The highest BCUT2D eigenvalue weighted by Gasteiger charge is 2.27. The lowest BCUT2D eigenvalue weighted by Crippen LogP contribution is -2.48. The zero-order valence-electron chi connectivity index (χ0n) is 15.2. The first-order valence-electron chi connectivity index (χ1n) is 8.47. The third kappa shape index (κ3) is 6.83. The van der Waals surface area contributed by atoms with Crippen molar-refractivity contribution in [3.8, 4) is 0 Å². The Morgan fingerprint density at radius 2 is 1.85 bits per heavy atom. The van der Waals surface area contributed by atoms with Gasteiger partial charge < -0.3 is 36.7 Å². The Bertz CT molecular complexity index is 650. The van der Waals surface area contributed by atoms with Crippen molar-refractivity contribution in [1.29, 1.82) is 0 Å². The van der Waals surface area contributed by atoms with Crippen molar-refractivity contribution in [1.82, 2.24) is 20.8 Å². The Hall–Kier alpha value is -2.73. The van der Waals surface area contributed by atoms with Crippen LogP contribution >= 0.6 is 0 Å². The molecule has 4 atom stereocenters. The number of amides is 3. The fourth-order valence-corrected chi connectivity index (χ4v) is 2.11. The van der Waals surface area contributed by atoms with Crippen LogP contribution in [0.1, 0.15) is 57.0 Å². The highest BCUT2D eigenvalue weighted by molar-refractivity contribution is 5.82. The summed E-state index contributed by atoms with van der Waals surface area (Å²) in [6.07, 6.45) is 0.768. The fraction of sp³-hybridized carbons (Fsp3) is 0.667. The van der Waals surface area contributed by atoms with E-state index in [0.29, 0.717) is 0 Å². The third-order valence-electron chi connectivity index (χ3n) is 4.07. The molecule has 1 rings (SSSR count). The molecule has 12 nitrogen and oxygen atoms in total. The van der Waals surface area contributed by atoms with Crippen LogP contribution in [0.15, 0.2) is 4.42 Å². The lowest BCUT2D eigenvalue weighted by molar-refractivity contribution is -0.140. The molecule has 0 aromatic carbocycles. The molecule has 1 unspecified atom stereocenters. The van der Waals surface area contributed by atoms with Crippen molar-refractivity contribution in [2.75, 3.05) is 6.61 Å². The van der Waals surface area contributed by atoms with E-state index in [1.807, 2.05) is 13.8 Å². The number of carbonyl (C=O) groups is 3. The molecule has 152 valence electrons. The summed E-state index contributed by atoms with van der Waals surface area (Å²) in [5.74, 6) is -1.72. The summed E-state index contributed by atoms with van der Waals surface area (Å²) in [7, 11) is 0. The fourth-order valence-electron chi connectivity index (χ4n) is 2.11. The van der Waals surface area contributed by atoms with E-state index in [2.05, 4.69) is 20.8 Å². The topological polar surface area (TPSA) is 207 Å². The molecule has 0 radical (unpaired) electrons. The Labute approximate surface area is 155 Å². The number of rotatable bonds is 11. The molecule has 1 heterocycles. The van der Waals surface area contributed by atoms with Crippen LogP contribution in [0.3, 0.4) is 0 Å². The minimum Gasteiger partial charge on any atom is -0.480 e. The van der Waals surface area contributed by atoms with Gasteiger partial charge in [0, 0.05) is 6.42 Å². The average Bonchev–Trinajstić information content (AvgIpc) is 3.11. The molecular formula is C15H26N6O6. The third-order valence-corrected chi connectivity index (χ3v) is 4.07. The van der Waals surface area contributed by atoms with Crippen molar-refractivity contribution < 1.29 is 29.0 Å². The van der Waals surface area contributed by atoms with Crippen LogP contribution in [0, 0.1) is 5.92 Å². The number of aliphatic carboxylic acids is 1. The molecule has 27 heavy (non-hydrogen) atoms. The van der Waals surface area contributed by atoms with Gasteiger partial charge in [0.25, 0.3) is 0 Å². The summed E-state index contributed by atoms with van der Waals surface area (Å²) in [6, 6.07) is -3.76. The van der Waals surface area contributed by atoms with Crippen LogP contribution in [0.5, 0.6) is 0 Å². The molecule has 0 saturated carbocycles. The van der Waals surface area contributed by atoms with E-state index < -0.39 is 42.6 Å². The zero-order chi connectivity index (χ0) is 20.6. The predicted molar refractivity (Wildman–Crippen MR) is 92.0 cm³/mol. The van der Waals surface area contributed by atoms with E-state index in [0.717, 1.165) is 6.42 Å². The smallest absolute Gasteiger partial charge is 0.328 e. The second-order valence-corrected chi connectivity index (χ2v) is 6.14. The van der Waals surface area contributed by atoms with Gasteiger partial charge in [-0.1, -0.05) is 20.3 Å². The maximum Gasteiger partial charge on any atom is 0.328 e. The maximum atomic E-state index is 12.0. The Morgan fingerprint density at radius 3 is 2.37 bits per heavy atom. The highest BCUT2D eigenvalue weighted by Crippen LogP contribution is 2.24. The number of aliphatic hydroxyl groups is 1. The number of urea groups is 1. The van der Waals surface area contributed by atoms with Gasteiger partial charge >= 0.3 is 12.0 Å². The van der Waals surface area contributed by atoms with E-state index in [1.54, 1.807) is 0 Å². The van der Waals surface area contributed by atoms with E-state index in [4.69, 9.17) is 26.1 Å². The molecule has 8 N–H and O–H groups in total. The molecule has 3 amide bonds. The van der Waals surface area contributed by atoms with Crippen LogP contribution in [0.4, 0.5) is 4.79 Å². The number of nitrogens with zero attached hydrogens (tertiary/aromatic N) is 2. The number of carboxylic acid groups (broad SMARTS) is 1. The number of hydrogen-bond donors (Lipinski definition) is 6. The maximum absolute atomic E-state index is 12.0. The number of primary amides is 1. The van der Waals surface area contributed by atoms with Crippen LogP contribution in [0.2, 0.25) is 0 Å². The van der Waals surface area contributed by atoms with Gasteiger partial charge in [0.05, 0.1) is 12.6 Å². The van der Waals surface area contributed by atoms with Gasteiger partial charge in [0.2, 0.25) is 17.7 Å². The number of aromatic nitrogens is 2. The number of carboxylic acids is 1. The van der Waals surface area contributed by atoms with Crippen LogP contribution < -0.4 is 22.1 Å². The lowest BCUT2D eigenvalue weighted by Gasteiger charge is -2.18. The van der Waals surface area contributed by atoms with Gasteiger partial charge in [-0.05, 0) is 12.3 Å². The Morgan fingerprint density at radius 1 is 1.22 bits per heavy atom. The van der Waals surface area contributed by atoms with E-state index in [1.165, 1.54) is 0 Å². The van der Waals surface area contributed by atoms with Gasteiger partial charge in [0.1, 0.15) is 6.04 Å². The minimum absolute atomic E-state index is 0.0102. The molecule has 0 spiro atoms. The SMILES string of the molecule is CCC(C)[C@H](N)c1nnc([C@H](CCC(N)=O)NC(=O)N[C@@H](CO)C(=O)O)o1. The molecule has 1 aromatic heterocycles. The first-order valence-corrected chi connectivity index (χ1v) is 8.47. The summed E-state index contributed by atoms with van der Waals surface area (Å²) in [6.45, 7) is 3.10. The number of nitrogens with two attached hydrogens (primary N) is 2. The van der Waals surface area contributed by atoms with Gasteiger partial charge in [0.15, 0.2) is 6.04 Å². The largest absolute Gasteiger partial charge is 0.480 e.